The van der Waals surface area contributed by atoms with Crippen LogP contribution in [0.15, 0.2) is 0 Å². The standard InChI is InChI=1S/C8H12N2O5P2/c1-8(2)13-3-4(14-8)5-6(15-17-12)7(11)10(5)16-9/h4-6,9H,3H2,1-2H3/t4?,5-,6+/m0/s1. The predicted molar refractivity (Wildman–Crippen MR) is 57.7 cm³/mol. The van der Waals surface area contributed by atoms with Crippen molar-refractivity contribution < 1.29 is 23.4 Å². The highest BCUT2D eigenvalue weighted by Crippen LogP contribution is 2.38. The minimum Gasteiger partial charge on any atom is -0.348 e. The molecule has 0 aromatic carbocycles. The predicted octanol–water partition coefficient (Wildman–Crippen LogP) is 1.56. The van der Waals surface area contributed by atoms with Gasteiger partial charge in [-0.05, 0) is 13.8 Å². The number of hydrogen-bond donors (Lipinski definition) is 1. The molecule has 2 heterocycles. The van der Waals surface area contributed by atoms with Gasteiger partial charge in [-0.1, -0.05) is 0 Å². The number of nitrogens with one attached hydrogen (secondary N) is 1. The largest absolute Gasteiger partial charge is 0.348 e. The number of nitrogens with zero attached hydrogens (tertiary/aromatic N) is 1. The van der Waals surface area contributed by atoms with Crippen molar-refractivity contribution in [3.8, 4) is 0 Å². The molecule has 2 aliphatic rings. The van der Waals surface area contributed by atoms with Crippen LogP contribution in [-0.4, -0.2) is 41.2 Å². The van der Waals surface area contributed by atoms with E-state index in [4.69, 9.17) is 19.2 Å². The van der Waals surface area contributed by atoms with Crippen molar-refractivity contribution >= 4 is 23.1 Å². The molecule has 9 heteroatoms. The first-order chi connectivity index (χ1) is 8.00. The summed E-state index contributed by atoms with van der Waals surface area (Å²) in [5.41, 5.74) is 0. The lowest BCUT2D eigenvalue weighted by Gasteiger charge is -2.43. The van der Waals surface area contributed by atoms with Crippen molar-refractivity contribution in [1.29, 1.82) is 5.16 Å². The van der Waals surface area contributed by atoms with Crippen LogP contribution in [0.3, 0.4) is 0 Å². The van der Waals surface area contributed by atoms with E-state index < -0.39 is 26.6 Å². The number of carbonyl (C=O) groups is 1. The van der Waals surface area contributed by atoms with Crippen molar-refractivity contribution in [3.63, 3.8) is 0 Å². The lowest BCUT2D eigenvalue weighted by molar-refractivity contribution is -0.173. The zero-order valence-electron chi connectivity index (χ0n) is 9.32. The van der Waals surface area contributed by atoms with E-state index in [1.807, 2.05) is 0 Å². The first-order valence-electron chi connectivity index (χ1n) is 5.01. The molecule has 94 valence electrons. The van der Waals surface area contributed by atoms with E-state index in [0.717, 1.165) is 0 Å². The van der Waals surface area contributed by atoms with Crippen LogP contribution in [0.1, 0.15) is 13.8 Å². The summed E-state index contributed by atoms with van der Waals surface area (Å²) in [4.78, 5) is 11.5. The Labute approximate surface area is 101 Å². The first kappa shape index (κ1) is 13.0. The van der Waals surface area contributed by atoms with Gasteiger partial charge in [0.25, 0.3) is 5.91 Å². The molecule has 0 aromatic heterocycles. The van der Waals surface area contributed by atoms with Crippen LogP contribution < -0.4 is 0 Å². The summed E-state index contributed by atoms with van der Waals surface area (Å²) in [5.74, 6) is -1.04. The Balaban J connectivity index is 2.09. The summed E-state index contributed by atoms with van der Waals surface area (Å²) in [6.45, 7) is 3.88. The number of ether oxygens (including phenoxy) is 2. The summed E-state index contributed by atoms with van der Waals surface area (Å²) in [5, 5.41) is 7.25. The van der Waals surface area contributed by atoms with E-state index in [9.17, 15) is 9.36 Å². The van der Waals surface area contributed by atoms with Gasteiger partial charge < -0.3 is 9.47 Å². The molecule has 2 rings (SSSR count). The molecule has 1 amide bonds. The number of carbonyl (C=O) groups excluding carboxylic acids is 1. The molecule has 17 heavy (non-hydrogen) atoms. The normalized spacial score (nSPS) is 36.5. The second-order valence-corrected chi connectivity index (χ2v) is 5.23. The molecule has 3 atom stereocenters. The van der Waals surface area contributed by atoms with Gasteiger partial charge in [-0.15, -0.1) is 0 Å². The molecule has 0 aromatic rings. The maximum Gasteiger partial charge on any atom is 0.328 e. The monoisotopic (exact) mass is 278 g/mol. The maximum absolute atomic E-state index is 11.5. The van der Waals surface area contributed by atoms with Crippen molar-refractivity contribution in [3.05, 3.63) is 0 Å². The molecule has 2 aliphatic heterocycles. The van der Waals surface area contributed by atoms with Crippen LogP contribution in [0.5, 0.6) is 0 Å². The average Bonchev–Trinajstić information content (AvgIpc) is 2.62. The third-order valence-electron chi connectivity index (χ3n) is 2.74. The maximum atomic E-state index is 11.5. The highest BCUT2D eigenvalue weighted by Gasteiger charge is 2.56. The van der Waals surface area contributed by atoms with Crippen molar-refractivity contribution in [2.75, 3.05) is 6.61 Å². The van der Waals surface area contributed by atoms with Crippen LogP contribution in [0.25, 0.3) is 0 Å². The Kier molecular flexibility index (Phi) is 3.57. The molecule has 0 radical (unpaired) electrons. The van der Waals surface area contributed by atoms with Gasteiger partial charge in [0, 0.05) is 0 Å². The van der Waals surface area contributed by atoms with E-state index in [1.54, 1.807) is 13.8 Å². The zero-order chi connectivity index (χ0) is 12.6. The second kappa shape index (κ2) is 4.67. The quantitative estimate of drug-likeness (QED) is 0.622. The summed E-state index contributed by atoms with van der Waals surface area (Å²) < 4.78 is 27.6. The SMILES string of the molecule is CC1(C)OCC([C@H]2[C@@H](OP=O)C(=O)N2P=N)O1. The second-order valence-electron chi connectivity index (χ2n) is 4.24. The van der Waals surface area contributed by atoms with Crippen molar-refractivity contribution in [2.45, 2.75) is 37.9 Å². The molecule has 7 nitrogen and oxygen atoms in total. The van der Waals surface area contributed by atoms with E-state index in [-0.39, 0.29) is 20.5 Å². The highest BCUT2D eigenvalue weighted by molar-refractivity contribution is 7.23. The third kappa shape index (κ3) is 2.26. The number of rotatable bonds is 4. The topological polar surface area (TPSA) is 88.9 Å². The molecule has 2 fully saturated rings. The van der Waals surface area contributed by atoms with Gasteiger partial charge in [0.05, 0.1) is 6.61 Å². The molecule has 0 saturated carbocycles. The molecule has 1 N–H and O–H groups in total. The van der Waals surface area contributed by atoms with Gasteiger partial charge in [0.1, 0.15) is 20.7 Å². The van der Waals surface area contributed by atoms with Crippen LogP contribution in [0.4, 0.5) is 0 Å². The number of amides is 1. The van der Waals surface area contributed by atoms with Crippen molar-refractivity contribution in [2.24, 2.45) is 0 Å². The van der Waals surface area contributed by atoms with E-state index in [1.165, 1.54) is 4.67 Å². The summed E-state index contributed by atoms with van der Waals surface area (Å²) in [7, 11) is -0.471. The third-order valence-corrected chi connectivity index (χ3v) is 3.73. The number of β-lactam (4-membered cyclic amide) rings is 1. The van der Waals surface area contributed by atoms with Gasteiger partial charge in [-0.3, -0.25) is 19.2 Å². The van der Waals surface area contributed by atoms with E-state index in [2.05, 4.69) is 0 Å². The fourth-order valence-corrected chi connectivity index (χ4v) is 2.90. The molecule has 0 aliphatic carbocycles. The smallest absolute Gasteiger partial charge is 0.328 e. The Morgan fingerprint density at radius 3 is 2.76 bits per heavy atom. The molecular formula is C8H12N2O5P2. The van der Waals surface area contributed by atoms with Crippen molar-refractivity contribution in [1.82, 2.24) is 4.67 Å². The Bertz CT molecular complexity index is 364. The average molecular weight is 278 g/mol. The Morgan fingerprint density at radius 2 is 2.29 bits per heavy atom. The molecule has 0 bridgehead atoms. The Hall–Kier alpha value is -0.450. The fraction of sp³-hybridized carbons (Fsp3) is 0.875. The van der Waals surface area contributed by atoms with Gasteiger partial charge >= 0.3 is 8.69 Å². The zero-order valence-corrected chi connectivity index (χ0v) is 11.1. The van der Waals surface area contributed by atoms with Gasteiger partial charge in [-0.25, -0.2) is 4.57 Å². The minimum absolute atomic E-state index is 0.0743. The summed E-state index contributed by atoms with van der Waals surface area (Å²) in [6.07, 6.45) is -1.16. The highest BCUT2D eigenvalue weighted by atomic mass is 31.1. The van der Waals surface area contributed by atoms with Crippen LogP contribution in [-0.2, 0) is 23.4 Å². The molecule has 2 saturated heterocycles. The van der Waals surface area contributed by atoms with E-state index >= 15 is 0 Å². The lowest BCUT2D eigenvalue weighted by Crippen LogP contribution is -2.66. The summed E-state index contributed by atoms with van der Waals surface area (Å²) >= 11 is 0. The van der Waals surface area contributed by atoms with E-state index in [0.29, 0.717) is 6.61 Å². The van der Waals surface area contributed by atoms with Gasteiger partial charge in [0.2, 0.25) is 0 Å². The molecule has 1 unspecified atom stereocenters. The fourth-order valence-electron chi connectivity index (χ4n) is 1.98. The van der Waals surface area contributed by atoms with Gasteiger partial charge in [0.15, 0.2) is 11.9 Å². The minimum atomic E-state index is -0.811. The lowest BCUT2D eigenvalue weighted by atomic mass is 9.97. The van der Waals surface area contributed by atoms with Gasteiger partial charge in [-0.2, -0.15) is 0 Å². The molecular weight excluding hydrogens is 266 g/mol. The molecule has 0 spiro atoms. The van der Waals surface area contributed by atoms with Crippen LogP contribution in [0.2, 0.25) is 0 Å². The summed E-state index contributed by atoms with van der Waals surface area (Å²) in [6, 6.07) is -0.412. The number of hydrogen-bond acceptors (Lipinski definition) is 6. The van der Waals surface area contributed by atoms with Crippen LogP contribution in [0, 0.1) is 5.16 Å². The first-order valence-corrected chi connectivity index (χ1v) is 6.58. The van der Waals surface area contributed by atoms with Crippen LogP contribution >= 0.6 is 17.2 Å². The Morgan fingerprint density at radius 1 is 1.59 bits per heavy atom.